The molecule has 6 heteroatoms. The van der Waals surface area contributed by atoms with E-state index in [9.17, 15) is 8.42 Å². The van der Waals surface area contributed by atoms with E-state index in [0.717, 1.165) is 25.9 Å². The van der Waals surface area contributed by atoms with E-state index < -0.39 is 10.2 Å². The monoisotopic (exact) mass is 279 g/mol. The van der Waals surface area contributed by atoms with Crippen LogP contribution in [0.5, 0.6) is 0 Å². The van der Waals surface area contributed by atoms with Crippen molar-refractivity contribution in [3.05, 3.63) is 0 Å². The molecule has 0 atom stereocenters. The summed E-state index contributed by atoms with van der Waals surface area (Å²) in [5.41, 5.74) is -0.0450. The van der Waals surface area contributed by atoms with Gasteiger partial charge in [0.1, 0.15) is 0 Å². The van der Waals surface area contributed by atoms with Crippen LogP contribution < -0.4 is 10.0 Å². The minimum Gasteiger partial charge on any atom is -0.317 e. The fraction of sp³-hybridized carbons (Fsp3) is 1.00. The van der Waals surface area contributed by atoms with Crippen molar-refractivity contribution in [3.8, 4) is 0 Å². The number of rotatable bonds is 9. The summed E-state index contributed by atoms with van der Waals surface area (Å²) in [4.78, 5) is 0. The molecule has 0 radical (unpaired) electrons. The third-order valence-electron chi connectivity index (χ3n) is 2.45. The molecule has 5 nitrogen and oxygen atoms in total. The van der Waals surface area contributed by atoms with Gasteiger partial charge in [-0.3, -0.25) is 0 Å². The summed E-state index contributed by atoms with van der Waals surface area (Å²) in [6.45, 7) is 11.0. The van der Waals surface area contributed by atoms with Gasteiger partial charge in [0.05, 0.1) is 0 Å². The van der Waals surface area contributed by atoms with Gasteiger partial charge in [0.15, 0.2) is 0 Å². The van der Waals surface area contributed by atoms with Gasteiger partial charge in [0.25, 0.3) is 10.2 Å². The van der Waals surface area contributed by atoms with Crippen molar-refractivity contribution in [3.63, 3.8) is 0 Å². The van der Waals surface area contributed by atoms with Crippen LogP contribution in [-0.2, 0) is 10.2 Å². The van der Waals surface area contributed by atoms with Crippen molar-refractivity contribution in [2.24, 2.45) is 5.41 Å². The highest BCUT2D eigenvalue weighted by molar-refractivity contribution is 7.87. The second kappa shape index (κ2) is 8.09. The maximum atomic E-state index is 11.9. The van der Waals surface area contributed by atoms with Crippen LogP contribution in [0.15, 0.2) is 0 Å². The Bertz CT molecular complexity index is 310. The van der Waals surface area contributed by atoms with E-state index in [2.05, 4.69) is 17.0 Å². The molecule has 0 heterocycles. The Kier molecular flexibility index (Phi) is 8.02. The summed E-state index contributed by atoms with van der Waals surface area (Å²) in [7, 11) is -1.71. The molecular formula is C12H29N3O2S. The zero-order chi connectivity index (χ0) is 14.2. The maximum absolute atomic E-state index is 11.9. The van der Waals surface area contributed by atoms with E-state index in [1.807, 2.05) is 20.8 Å². The second-order valence-corrected chi connectivity index (χ2v) is 7.67. The summed E-state index contributed by atoms with van der Waals surface area (Å²) in [5, 5.41) is 3.26. The Balaban J connectivity index is 3.96. The van der Waals surface area contributed by atoms with Crippen molar-refractivity contribution in [2.75, 3.05) is 33.2 Å². The maximum Gasteiger partial charge on any atom is 0.279 e. The molecule has 18 heavy (non-hydrogen) atoms. The average Bonchev–Trinajstić information content (AvgIpc) is 2.25. The van der Waals surface area contributed by atoms with Crippen LogP contribution >= 0.6 is 0 Å². The highest BCUT2D eigenvalue weighted by Gasteiger charge is 2.20. The quantitative estimate of drug-likeness (QED) is 0.623. The summed E-state index contributed by atoms with van der Waals surface area (Å²) < 4.78 is 27.8. The van der Waals surface area contributed by atoms with E-state index in [-0.39, 0.29) is 5.41 Å². The van der Waals surface area contributed by atoms with Gasteiger partial charge in [0.2, 0.25) is 0 Å². The predicted octanol–water partition coefficient (Wildman–Crippen LogP) is 1.19. The summed E-state index contributed by atoms with van der Waals surface area (Å²) >= 11 is 0. The molecule has 0 spiro atoms. The average molecular weight is 279 g/mol. The van der Waals surface area contributed by atoms with E-state index in [1.54, 1.807) is 7.05 Å². The molecule has 2 N–H and O–H groups in total. The summed E-state index contributed by atoms with van der Waals surface area (Å²) in [6.07, 6.45) is 1.92. The van der Waals surface area contributed by atoms with E-state index in [4.69, 9.17) is 0 Å². The Morgan fingerprint density at radius 2 is 1.78 bits per heavy atom. The lowest BCUT2D eigenvalue weighted by Gasteiger charge is -2.22. The largest absolute Gasteiger partial charge is 0.317 e. The van der Waals surface area contributed by atoms with Gasteiger partial charge >= 0.3 is 0 Å². The molecule has 0 saturated heterocycles. The van der Waals surface area contributed by atoms with E-state index in [0.29, 0.717) is 13.1 Å². The SMILES string of the molecule is CCCNCCCN(C)S(=O)(=O)NCC(C)(C)C. The minimum atomic E-state index is -3.33. The zero-order valence-electron chi connectivity index (χ0n) is 12.4. The van der Waals surface area contributed by atoms with Crippen LogP contribution in [-0.4, -0.2) is 45.9 Å². The summed E-state index contributed by atoms with van der Waals surface area (Å²) in [5.74, 6) is 0. The highest BCUT2D eigenvalue weighted by atomic mass is 32.2. The molecule has 0 bridgehead atoms. The molecule has 0 aromatic carbocycles. The van der Waals surface area contributed by atoms with Crippen molar-refractivity contribution in [1.29, 1.82) is 0 Å². The Labute approximate surface area is 113 Å². The van der Waals surface area contributed by atoms with Crippen LogP contribution in [0.3, 0.4) is 0 Å². The normalized spacial score (nSPS) is 13.2. The number of hydrogen-bond acceptors (Lipinski definition) is 3. The molecule has 0 amide bonds. The van der Waals surface area contributed by atoms with Crippen LogP contribution in [0.25, 0.3) is 0 Å². The van der Waals surface area contributed by atoms with E-state index in [1.165, 1.54) is 4.31 Å². The van der Waals surface area contributed by atoms with Gasteiger partial charge in [-0.15, -0.1) is 0 Å². The number of nitrogens with one attached hydrogen (secondary N) is 2. The Hall–Kier alpha value is -0.170. The molecule has 0 aliphatic carbocycles. The van der Waals surface area contributed by atoms with Crippen molar-refractivity contribution >= 4 is 10.2 Å². The molecule has 0 fully saturated rings. The topological polar surface area (TPSA) is 61.4 Å². The van der Waals surface area contributed by atoms with Crippen molar-refractivity contribution in [1.82, 2.24) is 14.3 Å². The second-order valence-electron chi connectivity index (χ2n) is 5.81. The molecule has 0 saturated carbocycles. The molecule has 0 aromatic heterocycles. The first-order valence-corrected chi connectivity index (χ1v) is 8.04. The first-order valence-electron chi connectivity index (χ1n) is 6.60. The Morgan fingerprint density at radius 3 is 2.28 bits per heavy atom. The first kappa shape index (κ1) is 17.8. The van der Waals surface area contributed by atoms with Crippen molar-refractivity contribution in [2.45, 2.75) is 40.5 Å². The molecule has 0 rings (SSSR count). The third-order valence-corrected chi connectivity index (χ3v) is 3.96. The number of hydrogen-bond donors (Lipinski definition) is 2. The minimum absolute atomic E-state index is 0.0450. The van der Waals surface area contributed by atoms with Gasteiger partial charge < -0.3 is 5.32 Å². The fourth-order valence-corrected chi connectivity index (χ4v) is 2.47. The van der Waals surface area contributed by atoms with Gasteiger partial charge in [-0.1, -0.05) is 27.7 Å². The smallest absolute Gasteiger partial charge is 0.279 e. The van der Waals surface area contributed by atoms with Gasteiger partial charge in [0, 0.05) is 20.1 Å². The third kappa shape index (κ3) is 8.85. The molecule has 0 aromatic rings. The van der Waals surface area contributed by atoms with Gasteiger partial charge in [-0.05, 0) is 31.3 Å². The molecule has 110 valence electrons. The first-order chi connectivity index (χ1) is 8.19. The lowest BCUT2D eigenvalue weighted by molar-refractivity contribution is 0.390. The highest BCUT2D eigenvalue weighted by Crippen LogP contribution is 2.11. The zero-order valence-corrected chi connectivity index (χ0v) is 13.2. The van der Waals surface area contributed by atoms with Crippen LogP contribution in [0.4, 0.5) is 0 Å². The lowest BCUT2D eigenvalue weighted by atomic mass is 9.98. The predicted molar refractivity (Wildman–Crippen MR) is 76.8 cm³/mol. The molecular weight excluding hydrogens is 250 g/mol. The van der Waals surface area contributed by atoms with E-state index >= 15 is 0 Å². The van der Waals surface area contributed by atoms with Crippen LogP contribution in [0, 0.1) is 5.41 Å². The molecule has 0 unspecified atom stereocenters. The Morgan fingerprint density at radius 1 is 1.17 bits per heavy atom. The lowest BCUT2D eigenvalue weighted by Crippen LogP contribution is -2.42. The standard InChI is InChI=1S/C12H29N3O2S/c1-6-8-13-9-7-10-15(5)18(16,17)14-11-12(2,3)4/h13-14H,6-11H2,1-5H3. The summed E-state index contributed by atoms with van der Waals surface area (Å²) in [6, 6.07) is 0. The number of nitrogens with zero attached hydrogens (tertiary/aromatic N) is 1. The fourth-order valence-electron chi connectivity index (χ4n) is 1.27. The van der Waals surface area contributed by atoms with Crippen LogP contribution in [0.2, 0.25) is 0 Å². The molecule has 0 aliphatic rings. The van der Waals surface area contributed by atoms with Gasteiger partial charge in [-0.25, -0.2) is 4.72 Å². The van der Waals surface area contributed by atoms with Gasteiger partial charge in [-0.2, -0.15) is 12.7 Å². The molecule has 0 aliphatic heterocycles. The van der Waals surface area contributed by atoms with Crippen molar-refractivity contribution < 1.29 is 8.42 Å². The van der Waals surface area contributed by atoms with Crippen LogP contribution in [0.1, 0.15) is 40.5 Å².